The van der Waals surface area contributed by atoms with Gasteiger partial charge in [-0.25, -0.2) is 9.59 Å². The first-order valence-electron chi connectivity index (χ1n) is 7.76. The van der Waals surface area contributed by atoms with Crippen molar-refractivity contribution in [2.75, 3.05) is 12.4 Å². The number of thiophene rings is 1. The van der Waals surface area contributed by atoms with Crippen LogP contribution in [0.1, 0.15) is 26.4 Å². The van der Waals surface area contributed by atoms with Crippen LogP contribution in [0.3, 0.4) is 0 Å². The molecule has 136 valence electrons. The van der Waals surface area contributed by atoms with Crippen molar-refractivity contribution in [1.29, 1.82) is 0 Å². The number of esters is 1. The van der Waals surface area contributed by atoms with E-state index in [0.717, 1.165) is 33.7 Å². The van der Waals surface area contributed by atoms with E-state index in [1.54, 1.807) is 0 Å². The third kappa shape index (κ3) is 4.18. The Morgan fingerprint density at radius 1 is 1.15 bits per heavy atom. The number of amides is 1. The van der Waals surface area contributed by atoms with Gasteiger partial charge in [0.1, 0.15) is 10.6 Å². The Bertz CT molecular complexity index is 911. The molecule has 0 aliphatic rings. The molecule has 0 spiro atoms. The van der Waals surface area contributed by atoms with Crippen molar-refractivity contribution in [3.8, 4) is 11.1 Å². The van der Waals surface area contributed by atoms with E-state index >= 15 is 0 Å². The first-order chi connectivity index (χ1) is 12.2. The molecule has 0 saturated carbocycles. The summed E-state index contributed by atoms with van der Waals surface area (Å²) < 4.78 is 4.91. The highest BCUT2D eigenvalue weighted by Gasteiger charge is 2.25. The zero-order valence-electron chi connectivity index (χ0n) is 14.9. The molecule has 2 aromatic rings. The molecule has 1 heterocycles. The number of aliphatic carboxylic acids is 1. The fourth-order valence-corrected chi connectivity index (χ4v) is 3.62. The molecule has 7 heteroatoms. The number of hydrogen-bond acceptors (Lipinski definition) is 5. The zero-order chi connectivity index (χ0) is 19.4. The molecule has 0 aliphatic carbocycles. The highest BCUT2D eigenvalue weighted by atomic mass is 32.1. The Morgan fingerprint density at radius 3 is 2.46 bits per heavy atom. The Balaban J connectivity index is 2.58. The predicted octanol–water partition coefficient (Wildman–Crippen LogP) is 3.71. The summed E-state index contributed by atoms with van der Waals surface area (Å²) in [7, 11) is 1.28. The lowest BCUT2D eigenvalue weighted by molar-refractivity contribution is -0.131. The van der Waals surface area contributed by atoms with Crippen LogP contribution in [0.5, 0.6) is 0 Å². The van der Waals surface area contributed by atoms with Crippen LogP contribution >= 0.6 is 11.3 Å². The Hall–Kier alpha value is -2.93. The highest BCUT2D eigenvalue weighted by molar-refractivity contribution is 7.17. The van der Waals surface area contributed by atoms with Crippen LogP contribution in [0, 0.1) is 20.8 Å². The Kier molecular flexibility index (Phi) is 5.94. The molecule has 0 atom stereocenters. The summed E-state index contributed by atoms with van der Waals surface area (Å²) in [6.07, 6.45) is 1.63. The number of rotatable bonds is 5. The smallest absolute Gasteiger partial charge is 0.341 e. The second-order valence-electron chi connectivity index (χ2n) is 5.71. The summed E-state index contributed by atoms with van der Waals surface area (Å²) in [5.74, 6) is -2.43. The summed E-state index contributed by atoms with van der Waals surface area (Å²) in [6, 6.07) is 5.93. The quantitative estimate of drug-likeness (QED) is 0.616. The monoisotopic (exact) mass is 373 g/mol. The Morgan fingerprint density at radius 2 is 1.85 bits per heavy atom. The van der Waals surface area contributed by atoms with Gasteiger partial charge >= 0.3 is 11.9 Å². The molecule has 0 fully saturated rings. The fourth-order valence-electron chi connectivity index (χ4n) is 2.56. The SMILES string of the molecule is COC(=O)c1c(NC(=O)C=CC(=O)O)sc(C)c1-c1cc(C)ccc1C. The second-order valence-corrected chi connectivity index (χ2v) is 6.93. The lowest BCUT2D eigenvalue weighted by atomic mass is 9.95. The van der Waals surface area contributed by atoms with Gasteiger partial charge in [0.05, 0.1) is 7.11 Å². The first-order valence-corrected chi connectivity index (χ1v) is 8.57. The van der Waals surface area contributed by atoms with E-state index in [0.29, 0.717) is 10.6 Å². The summed E-state index contributed by atoms with van der Waals surface area (Å²) in [5, 5.41) is 11.5. The van der Waals surface area contributed by atoms with Crippen molar-refractivity contribution < 1.29 is 24.2 Å². The maximum Gasteiger partial charge on any atom is 0.341 e. The maximum absolute atomic E-state index is 12.4. The average Bonchev–Trinajstić information content (AvgIpc) is 2.90. The van der Waals surface area contributed by atoms with Crippen LogP contribution in [0.2, 0.25) is 0 Å². The van der Waals surface area contributed by atoms with Crippen molar-refractivity contribution in [1.82, 2.24) is 0 Å². The van der Waals surface area contributed by atoms with Gasteiger partial charge in [0.25, 0.3) is 0 Å². The van der Waals surface area contributed by atoms with Gasteiger partial charge in [-0.3, -0.25) is 4.79 Å². The first kappa shape index (κ1) is 19.4. The number of methoxy groups -OCH3 is 1. The molecular formula is C19H19NO5S. The second kappa shape index (κ2) is 7.97. The number of anilines is 1. The van der Waals surface area contributed by atoms with Crippen LogP contribution < -0.4 is 5.32 Å². The lowest BCUT2D eigenvalue weighted by Crippen LogP contribution is -2.12. The highest BCUT2D eigenvalue weighted by Crippen LogP contribution is 2.41. The normalized spacial score (nSPS) is 10.8. The van der Waals surface area contributed by atoms with E-state index in [9.17, 15) is 14.4 Å². The molecule has 0 aliphatic heterocycles. The van der Waals surface area contributed by atoms with Gasteiger partial charge in [-0.15, -0.1) is 11.3 Å². The lowest BCUT2D eigenvalue weighted by Gasteiger charge is -2.10. The number of carbonyl (C=O) groups excluding carboxylic acids is 2. The molecule has 2 rings (SSSR count). The number of benzene rings is 1. The molecule has 0 unspecified atom stereocenters. The molecule has 1 aromatic carbocycles. The number of carbonyl (C=O) groups is 3. The topological polar surface area (TPSA) is 92.7 Å². The van der Waals surface area contributed by atoms with Gasteiger partial charge in [0, 0.05) is 22.6 Å². The van der Waals surface area contributed by atoms with E-state index in [1.807, 2.05) is 39.0 Å². The molecule has 6 nitrogen and oxygen atoms in total. The van der Waals surface area contributed by atoms with Crippen LogP contribution in [0.25, 0.3) is 11.1 Å². The third-order valence-corrected chi connectivity index (χ3v) is 4.77. The predicted molar refractivity (Wildman–Crippen MR) is 101 cm³/mol. The van der Waals surface area contributed by atoms with E-state index in [2.05, 4.69) is 5.32 Å². The van der Waals surface area contributed by atoms with Gasteiger partial charge in [-0.1, -0.05) is 23.8 Å². The number of hydrogen-bond donors (Lipinski definition) is 2. The van der Waals surface area contributed by atoms with Gasteiger partial charge in [0.15, 0.2) is 0 Å². The molecular weight excluding hydrogens is 354 g/mol. The summed E-state index contributed by atoms with van der Waals surface area (Å²) >= 11 is 1.24. The van der Waals surface area contributed by atoms with Gasteiger partial charge in [-0.2, -0.15) is 0 Å². The largest absolute Gasteiger partial charge is 0.478 e. The van der Waals surface area contributed by atoms with E-state index in [4.69, 9.17) is 9.84 Å². The van der Waals surface area contributed by atoms with Crippen molar-refractivity contribution in [2.24, 2.45) is 0 Å². The van der Waals surface area contributed by atoms with Crippen LogP contribution in [0.15, 0.2) is 30.4 Å². The molecule has 1 amide bonds. The fraction of sp³-hybridized carbons (Fsp3) is 0.211. The minimum absolute atomic E-state index is 0.265. The summed E-state index contributed by atoms with van der Waals surface area (Å²) in [6.45, 7) is 5.76. The van der Waals surface area contributed by atoms with Crippen molar-refractivity contribution >= 4 is 34.2 Å². The number of carboxylic acids is 1. The molecule has 26 heavy (non-hydrogen) atoms. The molecule has 0 bridgehead atoms. The summed E-state index contributed by atoms with van der Waals surface area (Å²) in [4.78, 5) is 35.8. The average molecular weight is 373 g/mol. The minimum Gasteiger partial charge on any atom is -0.478 e. The van der Waals surface area contributed by atoms with Crippen LogP contribution in [-0.2, 0) is 14.3 Å². The number of nitrogens with one attached hydrogen (secondary N) is 1. The van der Waals surface area contributed by atoms with Crippen molar-refractivity contribution in [3.63, 3.8) is 0 Å². The third-order valence-electron chi connectivity index (χ3n) is 3.75. The molecule has 2 N–H and O–H groups in total. The van der Waals surface area contributed by atoms with Gasteiger partial charge < -0.3 is 15.2 Å². The van der Waals surface area contributed by atoms with Crippen LogP contribution in [-0.4, -0.2) is 30.1 Å². The molecule has 0 saturated heterocycles. The van der Waals surface area contributed by atoms with Crippen molar-refractivity contribution in [2.45, 2.75) is 20.8 Å². The molecule has 1 aromatic heterocycles. The van der Waals surface area contributed by atoms with Crippen LogP contribution in [0.4, 0.5) is 5.00 Å². The summed E-state index contributed by atoms with van der Waals surface area (Å²) in [5.41, 5.74) is 3.90. The molecule has 0 radical (unpaired) electrons. The minimum atomic E-state index is -1.23. The Labute approximate surface area is 155 Å². The van der Waals surface area contributed by atoms with E-state index in [-0.39, 0.29) is 5.56 Å². The number of carboxylic acid groups (broad SMARTS) is 1. The number of ether oxygens (including phenoxy) is 1. The maximum atomic E-state index is 12.4. The van der Waals surface area contributed by atoms with Gasteiger partial charge in [0.2, 0.25) is 5.91 Å². The standard InChI is InChI=1S/C19H19NO5S/c1-10-5-6-11(2)13(9-10)16-12(3)26-18(17(16)19(24)25-4)20-14(21)7-8-15(22)23/h5-9H,1-4H3,(H,20,21)(H,22,23). The van der Waals surface area contributed by atoms with E-state index < -0.39 is 17.8 Å². The van der Waals surface area contributed by atoms with Crippen molar-refractivity contribution in [3.05, 3.63) is 51.9 Å². The van der Waals surface area contributed by atoms with E-state index in [1.165, 1.54) is 18.4 Å². The van der Waals surface area contributed by atoms with Gasteiger partial charge in [-0.05, 0) is 31.9 Å². The number of aryl methyl sites for hydroxylation is 3. The zero-order valence-corrected chi connectivity index (χ0v) is 15.7.